The van der Waals surface area contributed by atoms with Gasteiger partial charge in [0.15, 0.2) is 11.5 Å². The third-order valence-corrected chi connectivity index (χ3v) is 6.70. The zero-order valence-electron chi connectivity index (χ0n) is 21.9. The van der Waals surface area contributed by atoms with Crippen LogP contribution in [0.1, 0.15) is 44.9 Å². The molecule has 0 amide bonds. The van der Waals surface area contributed by atoms with Gasteiger partial charge in [0.05, 0.1) is 12.6 Å². The van der Waals surface area contributed by atoms with Gasteiger partial charge in [-0.1, -0.05) is 26.0 Å². The summed E-state index contributed by atoms with van der Waals surface area (Å²) in [5.74, 6) is 0.770. The number of nitrogens with zero attached hydrogens (tertiary/aromatic N) is 7. The Morgan fingerprint density at radius 1 is 1.19 bits per heavy atom. The summed E-state index contributed by atoms with van der Waals surface area (Å²) >= 11 is 0. The van der Waals surface area contributed by atoms with E-state index in [1.165, 1.54) is 32.8 Å². The van der Waals surface area contributed by atoms with Crippen molar-refractivity contribution in [3.05, 3.63) is 81.0 Å². The quantitative estimate of drug-likeness (QED) is 0.405. The average Bonchev–Trinajstić information content (AvgIpc) is 3.10. The van der Waals surface area contributed by atoms with Gasteiger partial charge in [0.1, 0.15) is 5.39 Å². The lowest BCUT2D eigenvalue weighted by molar-refractivity contribution is 0.236. The number of allylic oxidation sites excluding steroid dienone is 1. The highest BCUT2D eigenvalue weighted by Crippen LogP contribution is 2.35. The van der Waals surface area contributed by atoms with Gasteiger partial charge in [-0.15, -0.1) is 11.7 Å². The number of likely N-dealkylation sites (N-methyl/N-ethyl adjacent to an activating group) is 1. The van der Waals surface area contributed by atoms with Gasteiger partial charge in [0.2, 0.25) is 5.95 Å². The molecule has 0 spiro atoms. The van der Waals surface area contributed by atoms with Crippen LogP contribution in [0.15, 0.2) is 58.8 Å². The summed E-state index contributed by atoms with van der Waals surface area (Å²) in [5, 5.41) is 8.19. The Kier molecular flexibility index (Phi) is 6.07. The molecule has 1 aliphatic rings. The Morgan fingerprint density at radius 2 is 1.97 bits per heavy atom. The van der Waals surface area contributed by atoms with Crippen molar-refractivity contribution in [3.63, 3.8) is 0 Å². The fourth-order valence-electron chi connectivity index (χ4n) is 5.16. The maximum absolute atomic E-state index is 13.2. The second-order valence-corrected chi connectivity index (χ2v) is 10.5. The number of hydrogen-bond donors (Lipinski definition) is 1. The first-order valence-corrected chi connectivity index (χ1v) is 12.4. The minimum Gasteiger partial charge on any atom is -0.324 e. The van der Waals surface area contributed by atoms with Gasteiger partial charge < -0.3 is 10.2 Å². The van der Waals surface area contributed by atoms with Crippen LogP contribution >= 0.6 is 0 Å². The molecule has 37 heavy (non-hydrogen) atoms. The van der Waals surface area contributed by atoms with Crippen LogP contribution in [0.3, 0.4) is 0 Å². The lowest BCUT2D eigenvalue weighted by atomic mass is 9.78. The Morgan fingerprint density at radius 3 is 2.70 bits per heavy atom. The SMILES string of the molecule is C=CCn1c(=O)c2cnc(Nc3ccc4c(c3)C(C)(C)CN(C)C4)nc2n1-c1ccc(=O)n(C(C)C)n1. The maximum atomic E-state index is 13.2. The molecule has 0 saturated carbocycles. The minimum absolute atomic E-state index is 0.0123. The van der Waals surface area contributed by atoms with Gasteiger partial charge >= 0.3 is 0 Å². The van der Waals surface area contributed by atoms with Crippen LogP contribution in [0, 0.1) is 0 Å². The molecule has 0 fully saturated rings. The first-order valence-electron chi connectivity index (χ1n) is 12.4. The average molecular weight is 501 g/mol. The number of anilines is 2. The lowest BCUT2D eigenvalue weighted by Crippen LogP contribution is -2.39. The van der Waals surface area contributed by atoms with E-state index in [-0.39, 0.29) is 29.1 Å². The fourth-order valence-corrected chi connectivity index (χ4v) is 5.16. The van der Waals surface area contributed by atoms with Crippen molar-refractivity contribution < 1.29 is 0 Å². The van der Waals surface area contributed by atoms with E-state index in [0.29, 0.717) is 22.8 Å². The van der Waals surface area contributed by atoms with Crippen LogP contribution in [-0.4, -0.2) is 47.6 Å². The number of aromatic nitrogens is 6. The van der Waals surface area contributed by atoms with Crippen LogP contribution in [0.4, 0.5) is 11.6 Å². The number of fused-ring (bicyclic) bond motifs is 2. The second kappa shape index (κ2) is 9.11. The van der Waals surface area contributed by atoms with Crippen LogP contribution in [-0.2, 0) is 18.5 Å². The van der Waals surface area contributed by atoms with Crippen LogP contribution in [0.5, 0.6) is 0 Å². The molecule has 0 atom stereocenters. The number of benzene rings is 1. The molecule has 0 saturated heterocycles. The third kappa shape index (κ3) is 4.37. The highest BCUT2D eigenvalue weighted by molar-refractivity contribution is 5.77. The predicted molar refractivity (Wildman–Crippen MR) is 145 cm³/mol. The summed E-state index contributed by atoms with van der Waals surface area (Å²) in [6.45, 7) is 14.2. The van der Waals surface area contributed by atoms with Gasteiger partial charge in [-0.05, 0) is 50.2 Å². The topological polar surface area (TPSA) is 103 Å². The Bertz CT molecular complexity index is 1630. The van der Waals surface area contributed by atoms with E-state index in [2.05, 4.69) is 59.9 Å². The molecule has 192 valence electrons. The molecule has 3 aromatic heterocycles. The van der Waals surface area contributed by atoms with Gasteiger partial charge in [0.25, 0.3) is 11.1 Å². The van der Waals surface area contributed by atoms with Gasteiger partial charge in [-0.2, -0.15) is 4.98 Å². The summed E-state index contributed by atoms with van der Waals surface area (Å²) in [6.07, 6.45) is 3.16. The summed E-state index contributed by atoms with van der Waals surface area (Å²) in [5.41, 5.74) is 3.41. The van der Waals surface area contributed by atoms with Gasteiger partial charge in [-0.25, -0.2) is 19.0 Å². The number of hydrogen-bond acceptors (Lipinski definition) is 7. The van der Waals surface area contributed by atoms with Crippen molar-refractivity contribution in [1.82, 2.24) is 34.0 Å². The molecular weight excluding hydrogens is 468 g/mol. The van der Waals surface area contributed by atoms with E-state index >= 15 is 0 Å². The van der Waals surface area contributed by atoms with E-state index in [4.69, 9.17) is 4.98 Å². The molecule has 0 radical (unpaired) electrons. The van der Waals surface area contributed by atoms with Gasteiger partial charge in [0, 0.05) is 36.5 Å². The van der Waals surface area contributed by atoms with E-state index in [0.717, 1.165) is 18.8 Å². The molecule has 1 N–H and O–H groups in total. The summed E-state index contributed by atoms with van der Waals surface area (Å²) in [4.78, 5) is 37.0. The smallest absolute Gasteiger partial charge is 0.278 e. The Balaban J connectivity index is 1.62. The Labute approximate surface area is 214 Å². The first kappa shape index (κ1) is 24.6. The van der Waals surface area contributed by atoms with Crippen molar-refractivity contribution >= 4 is 22.7 Å². The molecule has 1 aromatic carbocycles. The highest BCUT2D eigenvalue weighted by atomic mass is 16.1. The molecule has 4 aromatic rings. The van der Waals surface area contributed by atoms with Crippen LogP contribution in [0.25, 0.3) is 16.9 Å². The van der Waals surface area contributed by atoms with Crippen molar-refractivity contribution in [1.29, 1.82) is 0 Å². The highest BCUT2D eigenvalue weighted by Gasteiger charge is 2.30. The summed E-state index contributed by atoms with van der Waals surface area (Å²) in [7, 11) is 2.14. The molecule has 0 bridgehead atoms. The number of nitrogens with one attached hydrogen (secondary N) is 1. The second-order valence-electron chi connectivity index (χ2n) is 10.5. The van der Waals surface area contributed by atoms with Crippen molar-refractivity contribution in [3.8, 4) is 5.82 Å². The zero-order valence-corrected chi connectivity index (χ0v) is 21.9. The van der Waals surface area contributed by atoms with Crippen molar-refractivity contribution in [2.75, 3.05) is 18.9 Å². The third-order valence-electron chi connectivity index (χ3n) is 6.70. The molecule has 0 aliphatic carbocycles. The fraction of sp³-hybridized carbons (Fsp3) is 0.370. The zero-order chi connectivity index (χ0) is 26.5. The van der Waals surface area contributed by atoms with E-state index < -0.39 is 0 Å². The number of rotatable bonds is 6. The summed E-state index contributed by atoms with van der Waals surface area (Å²) in [6, 6.07) is 9.22. The molecule has 10 nitrogen and oxygen atoms in total. The lowest BCUT2D eigenvalue weighted by Gasteiger charge is -2.38. The molecule has 1 aliphatic heterocycles. The van der Waals surface area contributed by atoms with Crippen molar-refractivity contribution in [2.45, 2.75) is 52.2 Å². The predicted octanol–water partition coefficient (Wildman–Crippen LogP) is 3.37. The standard InChI is InChI=1S/C27H32N8O2/c1-7-12-33-25(37)20-14-28-26(29-19-9-8-18-15-32(6)16-27(4,5)21(18)13-19)30-24(20)35(33)22-10-11-23(36)34(31-22)17(2)3/h7-11,13-14,17H,1,12,15-16H2,2-6H3,(H,28,29,30). The summed E-state index contributed by atoms with van der Waals surface area (Å²) < 4.78 is 4.50. The molecular formula is C27H32N8O2. The van der Waals surface area contributed by atoms with Crippen molar-refractivity contribution in [2.24, 2.45) is 0 Å². The molecule has 4 heterocycles. The van der Waals surface area contributed by atoms with E-state index in [9.17, 15) is 9.59 Å². The van der Waals surface area contributed by atoms with E-state index in [1.807, 2.05) is 19.9 Å². The molecule has 10 heteroatoms. The van der Waals surface area contributed by atoms with Crippen LogP contribution in [0.2, 0.25) is 0 Å². The minimum atomic E-state index is -0.259. The molecule has 5 rings (SSSR count). The monoisotopic (exact) mass is 500 g/mol. The normalized spacial score (nSPS) is 15.2. The first-order chi connectivity index (χ1) is 17.6. The largest absolute Gasteiger partial charge is 0.324 e. The van der Waals surface area contributed by atoms with Gasteiger partial charge in [-0.3, -0.25) is 9.59 Å². The molecule has 0 unspecified atom stereocenters. The van der Waals surface area contributed by atoms with E-state index in [1.54, 1.807) is 16.8 Å². The van der Waals surface area contributed by atoms with Crippen LogP contribution < -0.4 is 16.4 Å². The Hall–Kier alpha value is -4.05. The maximum Gasteiger partial charge on any atom is 0.278 e.